The van der Waals surface area contributed by atoms with Crippen LogP contribution in [0.3, 0.4) is 0 Å². The molecular weight excluding hydrogens is 416 g/mol. The summed E-state index contributed by atoms with van der Waals surface area (Å²) in [7, 11) is 0. The van der Waals surface area contributed by atoms with Crippen molar-refractivity contribution in [2.75, 3.05) is 6.54 Å². The molecule has 0 saturated carbocycles. The summed E-state index contributed by atoms with van der Waals surface area (Å²) in [5.74, 6) is -0.178. The number of rotatable bonds is 4. The number of fused-ring (bicyclic) bond motifs is 2. The number of nitrogens with zero attached hydrogens (tertiary/aromatic N) is 2. The summed E-state index contributed by atoms with van der Waals surface area (Å²) in [5, 5.41) is 4.58. The van der Waals surface area contributed by atoms with Gasteiger partial charge in [0.2, 0.25) is 0 Å². The molecule has 0 atom stereocenters. The lowest BCUT2D eigenvalue weighted by atomic mass is 10.2. The van der Waals surface area contributed by atoms with Gasteiger partial charge in [-0.15, -0.1) is 11.3 Å². The normalized spacial score (nSPS) is 11.3. The van der Waals surface area contributed by atoms with E-state index in [1.807, 2.05) is 12.3 Å². The second-order valence-electron chi connectivity index (χ2n) is 5.94. The van der Waals surface area contributed by atoms with Crippen molar-refractivity contribution in [1.29, 1.82) is 0 Å². The predicted octanol–water partition coefficient (Wildman–Crippen LogP) is 3.44. The van der Waals surface area contributed by atoms with Gasteiger partial charge in [-0.1, -0.05) is 22.0 Å². The molecule has 6 nitrogen and oxygen atoms in total. The molecule has 0 spiro atoms. The molecule has 4 aromatic rings. The van der Waals surface area contributed by atoms with Gasteiger partial charge in [0.1, 0.15) is 4.83 Å². The van der Waals surface area contributed by atoms with Crippen molar-refractivity contribution in [2.45, 2.75) is 13.5 Å². The van der Waals surface area contributed by atoms with Gasteiger partial charge in [0.25, 0.3) is 11.5 Å². The number of amides is 1. The van der Waals surface area contributed by atoms with Crippen molar-refractivity contribution in [2.24, 2.45) is 0 Å². The van der Waals surface area contributed by atoms with Crippen molar-refractivity contribution < 1.29 is 4.79 Å². The van der Waals surface area contributed by atoms with Crippen LogP contribution in [0.2, 0.25) is 0 Å². The molecule has 0 saturated heterocycles. The van der Waals surface area contributed by atoms with Gasteiger partial charge < -0.3 is 14.9 Å². The molecule has 0 aliphatic rings. The summed E-state index contributed by atoms with van der Waals surface area (Å²) in [4.78, 5) is 32.3. The van der Waals surface area contributed by atoms with Crippen LogP contribution < -0.4 is 10.9 Å². The number of H-pyrrole nitrogens is 1. The summed E-state index contributed by atoms with van der Waals surface area (Å²) < 4.78 is 3.12. The van der Waals surface area contributed by atoms with E-state index in [1.54, 1.807) is 6.92 Å². The number of thiophene rings is 1. The number of nitrogens with one attached hydrogen (secondary N) is 2. The minimum Gasteiger partial charge on any atom is -0.350 e. The predicted molar refractivity (Wildman–Crippen MR) is 107 cm³/mol. The number of carbonyl (C=O) groups is 1. The highest BCUT2D eigenvalue weighted by molar-refractivity contribution is 9.10. The molecule has 2 N–H and O–H groups in total. The fourth-order valence-corrected chi connectivity index (χ4v) is 4.43. The Morgan fingerprint density at radius 1 is 1.38 bits per heavy atom. The first-order valence-corrected chi connectivity index (χ1v) is 9.65. The van der Waals surface area contributed by atoms with Crippen LogP contribution in [0.1, 0.15) is 15.2 Å². The van der Waals surface area contributed by atoms with Gasteiger partial charge >= 0.3 is 0 Å². The van der Waals surface area contributed by atoms with Gasteiger partial charge in [0.15, 0.2) is 0 Å². The second kappa shape index (κ2) is 6.69. The lowest BCUT2D eigenvalue weighted by molar-refractivity contribution is 0.0956. The lowest BCUT2D eigenvalue weighted by Crippen LogP contribution is -2.27. The fourth-order valence-electron chi connectivity index (χ4n) is 3.02. The van der Waals surface area contributed by atoms with Crippen molar-refractivity contribution in [3.05, 3.63) is 62.1 Å². The molecule has 3 heterocycles. The maximum absolute atomic E-state index is 12.5. The number of hydrogen-bond acceptors (Lipinski definition) is 4. The third kappa shape index (κ3) is 2.95. The molecule has 1 aromatic carbocycles. The van der Waals surface area contributed by atoms with Crippen LogP contribution in [0.5, 0.6) is 0 Å². The highest BCUT2D eigenvalue weighted by atomic mass is 79.9. The molecule has 0 aliphatic heterocycles. The first-order valence-electron chi connectivity index (χ1n) is 8.04. The van der Waals surface area contributed by atoms with Crippen molar-refractivity contribution in [1.82, 2.24) is 19.9 Å². The third-order valence-corrected chi connectivity index (χ3v) is 6.00. The van der Waals surface area contributed by atoms with Gasteiger partial charge in [-0.2, -0.15) is 0 Å². The first kappa shape index (κ1) is 17.0. The van der Waals surface area contributed by atoms with Crippen LogP contribution >= 0.6 is 27.3 Å². The summed E-state index contributed by atoms with van der Waals surface area (Å²) in [5.41, 5.74) is 1.57. The molecule has 4 rings (SSSR count). The topological polar surface area (TPSA) is 79.8 Å². The third-order valence-electron chi connectivity index (χ3n) is 4.31. The molecular formula is C18H15BrN4O2S. The molecule has 0 fully saturated rings. The van der Waals surface area contributed by atoms with E-state index in [4.69, 9.17) is 0 Å². The van der Waals surface area contributed by atoms with E-state index in [-0.39, 0.29) is 11.5 Å². The SMILES string of the molecule is Cc1c(C(=O)NCCn2ccc3ccc(Br)cc32)sc2nc[nH]c(=O)c12. The van der Waals surface area contributed by atoms with E-state index >= 15 is 0 Å². The van der Waals surface area contributed by atoms with Crippen LogP contribution in [0, 0.1) is 6.92 Å². The monoisotopic (exact) mass is 430 g/mol. The lowest BCUT2D eigenvalue weighted by Gasteiger charge is -2.07. The number of aryl methyl sites for hydroxylation is 1. The minimum atomic E-state index is -0.216. The summed E-state index contributed by atoms with van der Waals surface area (Å²) in [6.45, 7) is 2.93. The number of aromatic amines is 1. The van der Waals surface area contributed by atoms with Crippen molar-refractivity contribution >= 4 is 54.3 Å². The van der Waals surface area contributed by atoms with Crippen molar-refractivity contribution in [3.8, 4) is 0 Å². The average Bonchev–Trinajstić information content (AvgIpc) is 3.17. The van der Waals surface area contributed by atoms with Crippen molar-refractivity contribution in [3.63, 3.8) is 0 Å². The number of hydrogen-bond donors (Lipinski definition) is 2. The number of carbonyl (C=O) groups excluding carboxylic acids is 1. The van der Waals surface area contributed by atoms with E-state index in [9.17, 15) is 9.59 Å². The molecule has 0 unspecified atom stereocenters. The quantitative estimate of drug-likeness (QED) is 0.520. The van der Waals surface area contributed by atoms with E-state index in [2.05, 4.69) is 54.0 Å². The number of aromatic nitrogens is 3. The minimum absolute atomic E-state index is 0.178. The zero-order valence-electron chi connectivity index (χ0n) is 13.9. The Morgan fingerprint density at radius 3 is 3.04 bits per heavy atom. The second-order valence-corrected chi connectivity index (χ2v) is 7.85. The Kier molecular flexibility index (Phi) is 4.37. The maximum Gasteiger partial charge on any atom is 0.261 e. The number of benzene rings is 1. The molecule has 0 radical (unpaired) electrons. The zero-order chi connectivity index (χ0) is 18.3. The Hall–Kier alpha value is -2.45. The van der Waals surface area contributed by atoms with Gasteiger partial charge in [-0.05, 0) is 36.1 Å². The molecule has 0 aliphatic carbocycles. The Bertz CT molecular complexity index is 1190. The molecule has 3 aromatic heterocycles. The summed E-state index contributed by atoms with van der Waals surface area (Å²) >= 11 is 4.73. The highest BCUT2D eigenvalue weighted by Crippen LogP contribution is 2.26. The first-order chi connectivity index (χ1) is 12.5. The fraction of sp³-hybridized carbons (Fsp3) is 0.167. The summed E-state index contributed by atoms with van der Waals surface area (Å²) in [6, 6.07) is 8.18. The van der Waals surface area contributed by atoms with E-state index < -0.39 is 0 Å². The Morgan fingerprint density at radius 2 is 2.23 bits per heavy atom. The number of halogens is 1. The maximum atomic E-state index is 12.5. The largest absolute Gasteiger partial charge is 0.350 e. The van der Waals surface area contributed by atoms with Crippen LogP contribution in [0.25, 0.3) is 21.1 Å². The average molecular weight is 431 g/mol. The van der Waals surface area contributed by atoms with E-state index in [0.717, 1.165) is 15.4 Å². The molecule has 26 heavy (non-hydrogen) atoms. The molecule has 1 amide bonds. The molecule has 0 bridgehead atoms. The van der Waals surface area contributed by atoms with Gasteiger partial charge in [0.05, 0.1) is 16.6 Å². The van der Waals surface area contributed by atoms with Crippen LogP contribution in [0.4, 0.5) is 0 Å². The Balaban J connectivity index is 1.51. The van der Waals surface area contributed by atoms with Gasteiger partial charge in [-0.3, -0.25) is 9.59 Å². The van der Waals surface area contributed by atoms with Gasteiger partial charge in [-0.25, -0.2) is 4.98 Å². The van der Waals surface area contributed by atoms with E-state index in [1.165, 1.54) is 17.7 Å². The van der Waals surface area contributed by atoms with Crippen LogP contribution in [-0.2, 0) is 6.54 Å². The van der Waals surface area contributed by atoms with Crippen LogP contribution in [-0.4, -0.2) is 27.0 Å². The highest BCUT2D eigenvalue weighted by Gasteiger charge is 2.17. The smallest absolute Gasteiger partial charge is 0.261 e. The molecule has 8 heteroatoms. The zero-order valence-corrected chi connectivity index (χ0v) is 16.3. The van der Waals surface area contributed by atoms with Crippen LogP contribution in [0.15, 0.2) is 46.1 Å². The van der Waals surface area contributed by atoms with Gasteiger partial charge in [0, 0.05) is 29.3 Å². The standard InChI is InChI=1S/C18H15BrN4O2S/c1-10-14-16(24)21-9-22-18(14)26-15(10)17(25)20-5-7-23-6-4-11-2-3-12(19)8-13(11)23/h2-4,6,8-9H,5,7H2,1H3,(H,20,25)(H,21,22,24). The van der Waals surface area contributed by atoms with E-state index in [0.29, 0.717) is 33.7 Å². The molecule has 132 valence electrons. The Labute approximate surface area is 161 Å². The summed E-state index contributed by atoms with van der Waals surface area (Å²) in [6.07, 6.45) is 3.37.